The molecule has 80 valence electrons. The number of fused-ring (bicyclic) bond motifs is 1. The largest absolute Gasteiger partial charge is 0.379 e. The predicted molar refractivity (Wildman–Crippen MR) is 51.9 cm³/mol. The topological polar surface area (TPSA) is 46.5 Å². The lowest BCUT2D eigenvalue weighted by Gasteiger charge is -2.56. The van der Waals surface area contributed by atoms with Gasteiger partial charge in [0.1, 0.15) is 5.60 Å². The summed E-state index contributed by atoms with van der Waals surface area (Å²) in [5, 5.41) is 10.3. The number of Topliss-reactive ketones (excluding diaryl/α,β-unsaturated/α-hetero) is 1. The Morgan fingerprint density at radius 2 is 2.36 bits per heavy atom. The van der Waals surface area contributed by atoms with Gasteiger partial charge in [-0.25, -0.2) is 0 Å². The maximum absolute atomic E-state index is 11.8. The molecule has 0 aromatic rings. The van der Waals surface area contributed by atoms with Crippen molar-refractivity contribution in [2.24, 2.45) is 5.92 Å². The Morgan fingerprint density at radius 1 is 1.64 bits per heavy atom. The maximum Gasteiger partial charge on any atom is 0.173 e. The molecular weight excluding hydrogens is 180 g/mol. The summed E-state index contributed by atoms with van der Waals surface area (Å²) in [5.41, 5.74) is -1.72. The van der Waals surface area contributed by atoms with Crippen molar-refractivity contribution in [3.63, 3.8) is 0 Å². The third kappa shape index (κ3) is 0.873. The van der Waals surface area contributed by atoms with Crippen LogP contribution in [-0.2, 0) is 9.53 Å². The van der Waals surface area contributed by atoms with Crippen LogP contribution in [0.4, 0.5) is 0 Å². The lowest BCUT2D eigenvalue weighted by molar-refractivity contribution is -0.239. The second kappa shape index (κ2) is 3.04. The summed E-state index contributed by atoms with van der Waals surface area (Å²) in [5.74, 6) is -0.0252. The summed E-state index contributed by atoms with van der Waals surface area (Å²) in [6, 6.07) is 0. The molecule has 3 heteroatoms. The Labute approximate surface area is 84.4 Å². The lowest BCUT2D eigenvalue weighted by Crippen LogP contribution is -2.75. The Hall–Kier alpha value is -0.410. The first-order valence-electron chi connectivity index (χ1n) is 5.44. The Morgan fingerprint density at radius 3 is 2.93 bits per heavy atom. The molecule has 3 nitrogen and oxygen atoms in total. The molecule has 0 saturated heterocycles. The van der Waals surface area contributed by atoms with Crippen LogP contribution in [0.3, 0.4) is 0 Å². The summed E-state index contributed by atoms with van der Waals surface area (Å²) < 4.78 is 5.47. The van der Waals surface area contributed by atoms with Gasteiger partial charge in [0.15, 0.2) is 11.4 Å². The fourth-order valence-corrected chi connectivity index (χ4v) is 3.34. The monoisotopic (exact) mass is 198 g/mol. The van der Waals surface area contributed by atoms with Crippen molar-refractivity contribution in [2.75, 3.05) is 7.11 Å². The van der Waals surface area contributed by atoms with Gasteiger partial charge in [0.05, 0.1) is 5.92 Å². The fraction of sp³-hybridized carbons (Fsp3) is 0.909. The van der Waals surface area contributed by atoms with Crippen LogP contribution in [0.2, 0.25) is 0 Å². The highest BCUT2D eigenvalue weighted by molar-refractivity contribution is 5.99. The van der Waals surface area contributed by atoms with Gasteiger partial charge in [-0.1, -0.05) is 13.3 Å². The van der Waals surface area contributed by atoms with Gasteiger partial charge in [-0.15, -0.1) is 0 Å². The molecule has 2 aliphatic carbocycles. The highest BCUT2D eigenvalue weighted by Crippen LogP contribution is 2.57. The second-order valence-corrected chi connectivity index (χ2v) is 4.51. The van der Waals surface area contributed by atoms with E-state index >= 15 is 0 Å². The van der Waals surface area contributed by atoms with Gasteiger partial charge in [-0.05, 0) is 25.7 Å². The minimum Gasteiger partial charge on any atom is -0.379 e. The third-order valence-corrected chi connectivity index (χ3v) is 4.00. The van der Waals surface area contributed by atoms with Crippen LogP contribution >= 0.6 is 0 Å². The standard InChI is InChI=1S/C11H18O3/c1-3-6-10(13)9(12)8-5-4-7-11(8,10)14-2/h8,13H,3-7H2,1-2H3/t8-,10-,11+/m1/s1. The lowest BCUT2D eigenvalue weighted by atomic mass is 9.56. The number of aliphatic hydroxyl groups is 1. The molecule has 2 rings (SSSR count). The molecule has 0 amide bonds. The van der Waals surface area contributed by atoms with Crippen molar-refractivity contribution in [3.8, 4) is 0 Å². The van der Waals surface area contributed by atoms with Gasteiger partial charge in [-0.2, -0.15) is 0 Å². The quantitative estimate of drug-likeness (QED) is 0.743. The van der Waals surface area contributed by atoms with Gasteiger partial charge < -0.3 is 9.84 Å². The van der Waals surface area contributed by atoms with Crippen molar-refractivity contribution in [1.82, 2.24) is 0 Å². The zero-order valence-electron chi connectivity index (χ0n) is 8.88. The molecule has 0 bridgehead atoms. The second-order valence-electron chi connectivity index (χ2n) is 4.51. The summed E-state index contributed by atoms with van der Waals surface area (Å²) in [6.07, 6.45) is 4.07. The maximum atomic E-state index is 11.8. The first kappa shape index (κ1) is 10.1. The van der Waals surface area contributed by atoms with E-state index in [1.165, 1.54) is 0 Å². The van der Waals surface area contributed by atoms with E-state index < -0.39 is 11.2 Å². The molecule has 0 aromatic carbocycles. The zero-order chi connectivity index (χ0) is 10.4. The number of ketones is 1. The van der Waals surface area contributed by atoms with E-state index in [4.69, 9.17) is 4.74 Å². The molecule has 0 aliphatic heterocycles. The van der Waals surface area contributed by atoms with E-state index in [2.05, 4.69) is 0 Å². The predicted octanol–water partition coefficient (Wildman–Crippen LogP) is 1.29. The highest BCUT2D eigenvalue weighted by atomic mass is 16.5. The van der Waals surface area contributed by atoms with Crippen LogP contribution in [0.15, 0.2) is 0 Å². The average Bonchev–Trinajstić information content (AvgIpc) is 2.59. The summed E-state index contributed by atoms with van der Waals surface area (Å²) in [6.45, 7) is 1.98. The van der Waals surface area contributed by atoms with E-state index in [1.54, 1.807) is 7.11 Å². The van der Waals surface area contributed by atoms with Crippen LogP contribution in [-0.4, -0.2) is 29.2 Å². The van der Waals surface area contributed by atoms with Crippen LogP contribution in [0.5, 0.6) is 0 Å². The normalized spacial score (nSPS) is 46.2. The van der Waals surface area contributed by atoms with E-state index in [1.807, 2.05) is 6.92 Å². The van der Waals surface area contributed by atoms with Gasteiger partial charge in [0, 0.05) is 7.11 Å². The SMILES string of the molecule is CCC[C@@]1(O)C(=O)[C@H]2CCC[C@]21OC. The molecule has 0 heterocycles. The molecule has 2 saturated carbocycles. The fourth-order valence-electron chi connectivity index (χ4n) is 3.34. The van der Waals surface area contributed by atoms with Crippen molar-refractivity contribution >= 4 is 5.78 Å². The summed E-state index contributed by atoms with van der Waals surface area (Å²) in [7, 11) is 1.62. The van der Waals surface area contributed by atoms with Crippen LogP contribution in [0, 0.1) is 5.92 Å². The molecular formula is C11H18O3. The number of carbonyl (C=O) groups excluding carboxylic acids is 1. The smallest absolute Gasteiger partial charge is 0.173 e. The molecule has 0 aromatic heterocycles. The molecule has 2 aliphatic rings. The van der Waals surface area contributed by atoms with E-state index in [0.717, 1.165) is 25.7 Å². The van der Waals surface area contributed by atoms with E-state index in [9.17, 15) is 9.90 Å². The van der Waals surface area contributed by atoms with Crippen molar-refractivity contribution in [3.05, 3.63) is 0 Å². The van der Waals surface area contributed by atoms with Crippen LogP contribution < -0.4 is 0 Å². The molecule has 3 atom stereocenters. The van der Waals surface area contributed by atoms with Gasteiger partial charge in [-0.3, -0.25) is 4.79 Å². The number of ether oxygens (including phenoxy) is 1. The van der Waals surface area contributed by atoms with E-state index in [0.29, 0.717) is 6.42 Å². The molecule has 0 unspecified atom stereocenters. The molecule has 0 spiro atoms. The Balaban J connectivity index is 2.29. The number of hydrogen-bond acceptors (Lipinski definition) is 3. The van der Waals surface area contributed by atoms with Gasteiger partial charge in [0.2, 0.25) is 0 Å². The molecule has 2 fully saturated rings. The van der Waals surface area contributed by atoms with Crippen LogP contribution in [0.1, 0.15) is 39.0 Å². The van der Waals surface area contributed by atoms with Gasteiger partial charge >= 0.3 is 0 Å². The first-order valence-corrected chi connectivity index (χ1v) is 5.44. The number of hydrogen-bond donors (Lipinski definition) is 1. The minimum absolute atomic E-state index is 0.0127. The molecule has 1 N–H and O–H groups in total. The number of carbonyl (C=O) groups is 1. The van der Waals surface area contributed by atoms with Gasteiger partial charge in [0.25, 0.3) is 0 Å². The summed E-state index contributed by atoms with van der Waals surface area (Å²) >= 11 is 0. The average molecular weight is 198 g/mol. The zero-order valence-corrected chi connectivity index (χ0v) is 8.88. The Kier molecular flexibility index (Phi) is 2.20. The number of methoxy groups -OCH3 is 1. The summed E-state index contributed by atoms with van der Waals surface area (Å²) in [4.78, 5) is 11.8. The first-order chi connectivity index (χ1) is 6.62. The van der Waals surface area contributed by atoms with Crippen molar-refractivity contribution < 1.29 is 14.6 Å². The molecule has 0 radical (unpaired) electrons. The van der Waals surface area contributed by atoms with Crippen molar-refractivity contribution in [1.29, 1.82) is 0 Å². The third-order valence-electron chi connectivity index (χ3n) is 4.00. The minimum atomic E-state index is -1.18. The van der Waals surface area contributed by atoms with E-state index in [-0.39, 0.29) is 11.7 Å². The molecule has 14 heavy (non-hydrogen) atoms. The number of rotatable bonds is 3. The Bertz CT molecular complexity index is 263. The van der Waals surface area contributed by atoms with Crippen LogP contribution in [0.25, 0.3) is 0 Å². The highest BCUT2D eigenvalue weighted by Gasteiger charge is 2.73. The van der Waals surface area contributed by atoms with Crippen molar-refractivity contribution in [2.45, 2.75) is 50.2 Å².